The van der Waals surface area contributed by atoms with E-state index in [-0.39, 0.29) is 5.76 Å². The number of hydrogen-bond acceptors (Lipinski definition) is 3. The van der Waals surface area contributed by atoms with Gasteiger partial charge in [0.25, 0.3) is 0 Å². The molecule has 3 nitrogen and oxygen atoms in total. The Hall–Kier alpha value is -0.540. The van der Waals surface area contributed by atoms with Gasteiger partial charge < -0.3 is 15.3 Å². The summed E-state index contributed by atoms with van der Waals surface area (Å²) in [7, 11) is 0. The van der Waals surface area contributed by atoms with E-state index in [0.29, 0.717) is 12.0 Å². The predicted octanol–water partition coefficient (Wildman–Crippen LogP) is -0.0545. The Kier molecular flexibility index (Phi) is 1.26. The van der Waals surface area contributed by atoms with Gasteiger partial charge in [0.05, 0.1) is 6.61 Å². The fourth-order valence-corrected chi connectivity index (χ4v) is 0.981. The van der Waals surface area contributed by atoms with Crippen LogP contribution < -0.4 is 0 Å². The van der Waals surface area contributed by atoms with Gasteiger partial charge in [0.1, 0.15) is 5.76 Å². The standard InChI is InChI=1S/C6H10O3/c1-2-4-5(8)6(4,9)3-7/h7-9H,2-3H2,1H3. The van der Waals surface area contributed by atoms with E-state index in [1.807, 2.05) is 6.92 Å². The molecule has 1 rings (SSSR count). The van der Waals surface area contributed by atoms with E-state index in [0.717, 1.165) is 0 Å². The minimum absolute atomic E-state index is 0.0486. The largest absolute Gasteiger partial charge is 0.509 e. The van der Waals surface area contributed by atoms with Crippen molar-refractivity contribution in [3.05, 3.63) is 11.3 Å². The maximum absolute atomic E-state index is 9.09. The first-order valence-corrected chi connectivity index (χ1v) is 2.93. The van der Waals surface area contributed by atoms with Crippen molar-refractivity contribution < 1.29 is 15.3 Å². The van der Waals surface area contributed by atoms with E-state index in [1.54, 1.807) is 0 Å². The second-order valence-electron chi connectivity index (χ2n) is 2.20. The van der Waals surface area contributed by atoms with Crippen molar-refractivity contribution in [2.24, 2.45) is 0 Å². The van der Waals surface area contributed by atoms with Gasteiger partial charge in [-0.25, -0.2) is 0 Å². The molecule has 1 aliphatic carbocycles. The Balaban J connectivity index is 2.59. The monoisotopic (exact) mass is 130 g/mol. The molecule has 0 aliphatic heterocycles. The van der Waals surface area contributed by atoms with E-state index >= 15 is 0 Å². The lowest BCUT2D eigenvalue weighted by atomic mass is 10.2. The molecule has 0 amide bonds. The highest BCUT2D eigenvalue weighted by atomic mass is 16.4. The highest BCUT2D eigenvalue weighted by molar-refractivity contribution is 5.47. The second-order valence-corrected chi connectivity index (χ2v) is 2.20. The van der Waals surface area contributed by atoms with Gasteiger partial charge in [-0.3, -0.25) is 0 Å². The van der Waals surface area contributed by atoms with Gasteiger partial charge in [-0.2, -0.15) is 0 Å². The Morgan fingerprint density at radius 1 is 1.56 bits per heavy atom. The number of aliphatic hydroxyl groups is 3. The van der Waals surface area contributed by atoms with Gasteiger partial charge in [0.15, 0.2) is 5.60 Å². The van der Waals surface area contributed by atoms with Crippen molar-refractivity contribution in [2.45, 2.75) is 18.9 Å². The van der Waals surface area contributed by atoms with Crippen LogP contribution in [0.3, 0.4) is 0 Å². The molecule has 1 aliphatic rings. The summed E-state index contributed by atoms with van der Waals surface area (Å²) in [5.41, 5.74) is -0.778. The fraction of sp³-hybridized carbons (Fsp3) is 0.667. The van der Waals surface area contributed by atoms with Crippen LogP contribution in [0.5, 0.6) is 0 Å². The topological polar surface area (TPSA) is 60.7 Å². The molecule has 0 bridgehead atoms. The van der Waals surface area contributed by atoms with Gasteiger partial charge >= 0.3 is 0 Å². The Labute approximate surface area is 53.3 Å². The van der Waals surface area contributed by atoms with E-state index in [9.17, 15) is 0 Å². The van der Waals surface area contributed by atoms with Crippen LogP contribution in [0, 0.1) is 0 Å². The molecular formula is C6H10O3. The Morgan fingerprint density at radius 2 is 2.11 bits per heavy atom. The smallest absolute Gasteiger partial charge is 0.169 e. The van der Waals surface area contributed by atoms with Crippen molar-refractivity contribution >= 4 is 0 Å². The van der Waals surface area contributed by atoms with E-state index < -0.39 is 12.2 Å². The van der Waals surface area contributed by atoms with Crippen LogP contribution >= 0.6 is 0 Å². The summed E-state index contributed by atoms with van der Waals surface area (Å²) in [5.74, 6) is -0.0486. The van der Waals surface area contributed by atoms with E-state index in [2.05, 4.69) is 0 Å². The molecule has 3 heteroatoms. The average Bonchev–Trinajstić information content (AvgIpc) is 2.38. The summed E-state index contributed by atoms with van der Waals surface area (Å²) < 4.78 is 0. The molecule has 0 saturated heterocycles. The van der Waals surface area contributed by atoms with Crippen molar-refractivity contribution in [3.63, 3.8) is 0 Å². The van der Waals surface area contributed by atoms with Crippen LogP contribution in [0.4, 0.5) is 0 Å². The highest BCUT2D eigenvalue weighted by Crippen LogP contribution is 2.43. The van der Waals surface area contributed by atoms with Crippen molar-refractivity contribution in [2.75, 3.05) is 6.61 Å². The third-order valence-corrected chi connectivity index (χ3v) is 1.70. The summed E-state index contributed by atoms with van der Waals surface area (Å²) in [6, 6.07) is 0. The first kappa shape index (κ1) is 6.58. The number of aliphatic hydroxyl groups excluding tert-OH is 2. The molecule has 1 atom stereocenters. The zero-order chi connectivity index (χ0) is 7.07. The molecule has 0 heterocycles. The lowest BCUT2D eigenvalue weighted by Crippen LogP contribution is -2.20. The molecule has 0 aromatic heterocycles. The predicted molar refractivity (Wildman–Crippen MR) is 32.0 cm³/mol. The Bertz CT molecular complexity index is 162. The zero-order valence-corrected chi connectivity index (χ0v) is 5.26. The first-order chi connectivity index (χ1) is 4.16. The lowest BCUT2D eigenvalue weighted by Gasteiger charge is -2.03. The maximum Gasteiger partial charge on any atom is 0.169 e. The molecule has 0 saturated carbocycles. The van der Waals surface area contributed by atoms with Crippen LogP contribution in [0.25, 0.3) is 0 Å². The quantitative estimate of drug-likeness (QED) is 0.491. The molecule has 0 aromatic rings. The number of rotatable bonds is 2. The minimum Gasteiger partial charge on any atom is -0.509 e. The Morgan fingerprint density at radius 3 is 2.22 bits per heavy atom. The summed E-state index contributed by atoms with van der Waals surface area (Å²) in [6.45, 7) is 1.42. The van der Waals surface area contributed by atoms with E-state index in [4.69, 9.17) is 15.3 Å². The van der Waals surface area contributed by atoms with Crippen molar-refractivity contribution in [1.29, 1.82) is 0 Å². The summed E-state index contributed by atoms with van der Waals surface area (Å²) in [4.78, 5) is 0. The van der Waals surface area contributed by atoms with Crippen LogP contribution in [0.2, 0.25) is 0 Å². The van der Waals surface area contributed by atoms with Gasteiger partial charge in [0.2, 0.25) is 0 Å². The minimum atomic E-state index is -1.34. The third-order valence-electron chi connectivity index (χ3n) is 1.70. The molecule has 0 aromatic carbocycles. The van der Waals surface area contributed by atoms with Gasteiger partial charge in [-0.05, 0) is 6.42 Å². The summed E-state index contributed by atoms with van der Waals surface area (Å²) in [6.07, 6.45) is 0.600. The molecule has 3 N–H and O–H groups in total. The van der Waals surface area contributed by atoms with Crippen LogP contribution in [0.1, 0.15) is 13.3 Å². The third kappa shape index (κ3) is 0.653. The number of hydrogen-bond donors (Lipinski definition) is 3. The molecule has 0 fully saturated rings. The van der Waals surface area contributed by atoms with Gasteiger partial charge in [-0.1, -0.05) is 6.92 Å². The van der Waals surface area contributed by atoms with E-state index in [1.165, 1.54) is 0 Å². The van der Waals surface area contributed by atoms with Crippen molar-refractivity contribution in [1.82, 2.24) is 0 Å². The first-order valence-electron chi connectivity index (χ1n) is 2.93. The van der Waals surface area contributed by atoms with Gasteiger partial charge in [0, 0.05) is 5.57 Å². The highest BCUT2D eigenvalue weighted by Gasteiger charge is 2.51. The van der Waals surface area contributed by atoms with Crippen LogP contribution in [-0.2, 0) is 0 Å². The normalized spacial score (nSPS) is 33.2. The average molecular weight is 130 g/mol. The molecular weight excluding hydrogens is 120 g/mol. The van der Waals surface area contributed by atoms with Crippen LogP contribution in [0.15, 0.2) is 11.3 Å². The van der Waals surface area contributed by atoms with Gasteiger partial charge in [-0.15, -0.1) is 0 Å². The molecule has 0 spiro atoms. The zero-order valence-electron chi connectivity index (χ0n) is 5.26. The molecule has 52 valence electrons. The second kappa shape index (κ2) is 1.72. The van der Waals surface area contributed by atoms with Crippen molar-refractivity contribution in [3.8, 4) is 0 Å². The maximum atomic E-state index is 9.09. The lowest BCUT2D eigenvalue weighted by molar-refractivity contribution is 0.0622. The SMILES string of the molecule is CCC1=C(O)C1(O)CO. The molecule has 1 unspecified atom stereocenters. The molecule has 9 heavy (non-hydrogen) atoms. The fourth-order valence-electron chi connectivity index (χ4n) is 0.981. The summed E-state index contributed by atoms with van der Waals surface area (Å²) in [5, 5.41) is 26.4. The van der Waals surface area contributed by atoms with Crippen LogP contribution in [-0.4, -0.2) is 27.5 Å². The molecule has 0 radical (unpaired) electrons. The summed E-state index contributed by atoms with van der Waals surface area (Å²) >= 11 is 0.